The van der Waals surface area contributed by atoms with Gasteiger partial charge in [0.1, 0.15) is 0 Å². The number of hydrogen-bond acceptors (Lipinski definition) is 3. The quantitative estimate of drug-likeness (QED) is 0.171. The Morgan fingerprint density at radius 1 is 0.281 bits per heavy atom. The van der Waals surface area contributed by atoms with Crippen molar-refractivity contribution in [2.24, 2.45) is 0 Å². The fourth-order valence-corrected chi connectivity index (χ4v) is 8.19. The third-order valence-corrected chi connectivity index (χ3v) is 11.0. The van der Waals surface area contributed by atoms with Crippen LogP contribution in [0.25, 0.3) is 105 Å². The van der Waals surface area contributed by atoms with Crippen LogP contribution in [0.15, 0.2) is 206 Å². The van der Waals surface area contributed by atoms with E-state index in [1.54, 1.807) is 0 Å². The number of nitrogens with zero attached hydrogens (tertiary/aromatic N) is 4. The highest BCUT2D eigenvalue weighted by atomic mass is 15.0. The maximum Gasteiger partial charge on any atom is 0.164 e. The molecular weight excluding hydrogens is 693 g/mol. The molecule has 0 saturated heterocycles. The second-order valence-electron chi connectivity index (χ2n) is 14.5. The zero-order valence-corrected chi connectivity index (χ0v) is 30.9. The zero-order chi connectivity index (χ0) is 37.7. The van der Waals surface area contributed by atoms with Crippen LogP contribution >= 0.6 is 0 Å². The van der Waals surface area contributed by atoms with Gasteiger partial charge in [0.05, 0.1) is 11.0 Å². The minimum Gasteiger partial charge on any atom is -0.309 e. The third-order valence-electron chi connectivity index (χ3n) is 11.0. The summed E-state index contributed by atoms with van der Waals surface area (Å²) in [4.78, 5) is 15.3. The molecule has 0 amide bonds. The van der Waals surface area contributed by atoms with E-state index < -0.39 is 0 Å². The summed E-state index contributed by atoms with van der Waals surface area (Å²) in [5.41, 5.74) is 10.9. The maximum absolute atomic E-state index is 5.11. The molecule has 4 nitrogen and oxygen atoms in total. The lowest BCUT2D eigenvalue weighted by atomic mass is 10.0. The average Bonchev–Trinajstić information content (AvgIpc) is 3.64. The first kappa shape index (κ1) is 32.7. The van der Waals surface area contributed by atoms with Crippen LogP contribution < -0.4 is 0 Å². The summed E-state index contributed by atoms with van der Waals surface area (Å²) in [5, 5.41) is 7.38. The SMILES string of the molecule is c1ccc(-c2ccc(-c3nc(-c4cccc(-c5ccc(-n6c7ccccc7c7c8ccccc8ccc76)cc5)c4)nc(-c4ccc5ccccc5c4)n3)cc2)cc1. The first-order valence-corrected chi connectivity index (χ1v) is 19.3. The molecule has 0 spiro atoms. The Labute approximate surface area is 330 Å². The van der Waals surface area contributed by atoms with Gasteiger partial charge in [-0.2, -0.15) is 0 Å². The molecule has 0 atom stereocenters. The van der Waals surface area contributed by atoms with Gasteiger partial charge in [-0.15, -0.1) is 0 Å². The van der Waals surface area contributed by atoms with E-state index in [2.05, 4.69) is 205 Å². The van der Waals surface area contributed by atoms with Gasteiger partial charge in [0.2, 0.25) is 0 Å². The van der Waals surface area contributed by atoms with E-state index in [-0.39, 0.29) is 0 Å². The Balaban J connectivity index is 0.992. The zero-order valence-electron chi connectivity index (χ0n) is 30.9. The smallest absolute Gasteiger partial charge is 0.164 e. The molecule has 11 rings (SSSR count). The largest absolute Gasteiger partial charge is 0.309 e. The molecule has 9 aromatic carbocycles. The van der Waals surface area contributed by atoms with Crippen LogP contribution in [-0.4, -0.2) is 19.5 Å². The molecular formula is C53H34N4. The highest BCUT2D eigenvalue weighted by Gasteiger charge is 2.16. The standard InChI is InChI=1S/C53H34N4/c1-2-11-35(12-3-1)37-21-24-40(25-22-37)51-54-52(56-53(55-51)44-26-23-36-13-4-5-15-41(36)34-44)43-17-10-16-42(33-43)38-27-30-45(31-28-38)57-48-20-9-8-19-47(48)50-46-18-7-6-14-39(46)29-32-49(50)57/h1-34H. The van der Waals surface area contributed by atoms with E-state index in [4.69, 9.17) is 15.0 Å². The Morgan fingerprint density at radius 2 is 0.789 bits per heavy atom. The van der Waals surface area contributed by atoms with Gasteiger partial charge < -0.3 is 4.57 Å². The number of rotatable bonds is 6. The minimum atomic E-state index is 0.631. The summed E-state index contributed by atoms with van der Waals surface area (Å²) in [6.45, 7) is 0. The van der Waals surface area contributed by atoms with Crippen LogP contribution in [0.4, 0.5) is 0 Å². The van der Waals surface area contributed by atoms with E-state index in [1.807, 2.05) is 6.07 Å². The molecule has 11 aromatic rings. The molecule has 4 heteroatoms. The van der Waals surface area contributed by atoms with E-state index in [9.17, 15) is 0 Å². The molecule has 0 N–H and O–H groups in total. The van der Waals surface area contributed by atoms with Crippen molar-refractivity contribution >= 4 is 43.4 Å². The molecule has 0 aliphatic carbocycles. The van der Waals surface area contributed by atoms with Crippen molar-refractivity contribution in [2.75, 3.05) is 0 Å². The van der Waals surface area contributed by atoms with E-state index in [1.165, 1.54) is 43.5 Å². The van der Waals surface area contributed by atoms with Crippen LogP contribution in [0.2, 0.25) is 0 Å². The molecule has 2 aromatic heterocycles. The molecule has 0 fully saturated rings. The molecule has 266 valence electrons. The number of hydrogen-bond donors (Lipinski definition) is 0. The van der Waals surface area contributed by atoms with Gasteiger partial charge in [0.25, 0.3) is 0 Å². The second-order valence-corrected chi connectivity index (χ2v) is 14.5. The predicted octanol–water partition coefficient (Wildman–Crippen LogP) is 13.6. The first-order valence-electron chi connectivity index (χ1n) is 19.3. The van der Waals surface area contributed by atoms with Crippen LogP contribution in [0, 0.1) is 0 Å². The lowest BCUT2D eigenvalue weighted by Gasteiger charge is -2.12. The van der Waals surface area contributed by atoms with Gasteiger partial charge in [-0.05, 0) is 80.2 Å². The van der Waals surface area contributed by atoms with Crippen molar-refractivity contribution in [3.63, 3.8) is 0 Å². The van der Waals surface area contributed by atoms with Crippen LogP contribution in [-0.2, 0) is 0 Å². The minimum absolute atomic E-state index is 0.631. The topological polar surface area (TPSA) is 43.6 Å². The normalized spacial score (nSPS) is 11.5. The summed E-state index contributed by atoms with van der Waals surface area (Å²) in [5.74, 6) is 1.91. The fraction of sp³-hybridized carbons (Fsp3) is 0. The van der Waals surface area contributed by atoms with Gasteiger partial charge >= 0.3 is 0 Å². The fourth-order valence-electron chi connectivity index (χ4n) is 8.19. The second kappa shape index (κ2) is 13.6. The van der Waals surface area contributed by atoms with E-state index in [0.29, 0.717) is 17.5 Å². The molecule has 0 aliphatic rings. The number of para-hydroxylation sites is 1. The highest BCUT2D eigenvalue weighted by molar-refractivity contribution is 6.21. The molecule has 57 heavy (non-hydrogen) atoms. The number of aromatic nitrogens is 4. The third kappa shape index (κ3) is 5.83. The van der Waals surface area contributed by atoms with Gasteiger partial charge in [0, 0.05) is 33.2 Å². The van der Waals surface area contributed by atoms with Gasteiger partial charge in [0.15, 0.2) is 17.5 Å². The monoisotopic (exact) mass is 726 g/mol. The lowest BCUT2D eigenvalue weighted by Crippen LogP contribution is -2.00. The molecule has 0 radical (unpaired) electrons. The van der Waals surface area contributed by atoms with Gasteiger partial charge in [-0.25, -0.2) is 15.0 Å². The average molecular weight is 727 g/mol. The number of fused-ring (bicyclic) bond motifs is 6. The van der Waals surface area contributed by atoms with Gasteiger partial charge in [-0.3, -0.25) is 0 Å². The van der Waals surface area contributed by atoms with E-state index >= 15 is 0 Å². The molecule has 0 bridgehead atoms. The number of benzene rings is 9. The summed E-state index contributed by atoms with van der Waals surface area (Å²) in [7, 11) is 0. The summed E-state index contributed by atoms with van der Waals surface area (Å²) < 4.78 is 2.38. The maximum atomic E-state index is 5.11. The lowest BCUT2D eigenvalue weighted by molar-refractivity contribution is 1.07. The summed E-state index contributed by atoms with van der Waals surface area (Å²) in [6.07, 6.45) is 0. The molecule has 0 aliphatic heterocycles. The Hall–Kier alpha value is -7.69. The van der Waals surface area contributed by atoms with Crippen molar-refractivity contribution in [3.8, 4) is 62.1 Å². The first-order chi connectivity index (χ1) is 28.2. The Morgan fingerprint density at radius 3 is 1.58 bits per heavy atom. The summed E-state index contributed by atoms with van der Waals surface area (Å²) >= 11 is 0. The summed E-state index contributed by atoms with van der Waals surface area (Å²) in [6, 6.07) is 72.9. The van der Waals surface area contributed by atoms with Crippen molar-refractivity contribution in [1.29, 1.82) is 0 Å². The van der Waals surface area contributed by atoms with Crippen LogP contribution in [0.1, 0.15) is 0 Å². The predicted molar refractivity (Wildman–Crippen MR) is 236 cm³/mol. The molecule has 2 heterocycles. The van der Waals surface area contributed by atoms with Crippen LogP contribution in [0.3, 0.4) is 0 Å². The van der Waals surface area contributed by atoms with Gasteiger partial charge in [-0.1, -0.05) is 170 Å². The Bertz CT molecular complexity index is 3270. The van der Waals surface area contributed by atoms with Crippen molar-refractivity contribution in [3.05, 3.63) is 206 Å². The van der Waals surface area contributed by atoms with Crippen molar-refractivity contribution in [1.82, 2.24) is 19.5 Å². The van der Waals surface area contributed by atoms with Crippen LogP contribution in [0.5, 0.6) is 0 Å². The van der Waals surface area contributed by atoms with E-state index in [0.717, 1.165) is 44.5 Å². The van der Waals surface area contributed by atoms with Crippen molar-refractivity contribution in [2.45, 2.75) is 0 Å². The molecule has 0 saturated carbocycles. The Kier molecular flexibility index (Phi) is 7.78. The van der Waals surface area contributed by atoms with Crippen molar-refractivity contribution < 1.29 is 0 Å². The molecule has 0 unspecified atom stereocenters. The highest BCUT2D eigenvalue weighted by Crippen LogP contribution is 2.37.